The predicted octanol–water partition coefficient (Wildman–Crippen LogP) is 6.96. The van der Waals surface area contributed by atoms with Crippen molar-refractivity contribution >= 4 is 7.82 Å². The van der Waals surface area contributed by atoms with Gasteiger partial charge in [-0.1, -0.05) is 106 Å². The molecular weight excluding hydrogens is 471 g/mol. The Hall–Kier alpha value is -2.43. The van der Waals surface area contributed by atoms with Crippen molar-refractivity contribution in [3.8, 4) is 5.75 Å². The van der Waals surface area contributed by atoms with Crippen LogP contribution in [-0.4, -0.2) is 19.8 Å². The molecule has 36 heavy (non-hydrogen) atoms. The number of phosphoric acid groups is 1. The highest BCUT2D eigenvalue weighted by molar-refractivity contribution is 7.45. The topological polar surface area (TPSA) is 98.0 Å². The summed E-state index contributed by atoms with van der Waals surface area (Å²) in [6, 6.07) is 4.65. The lowest BCUT2D eigenvalue weighted by Crippen LogP contribution is -2.30. The van der Waals surface area contributed by atoms with Gasteiger partial charge in [-0.2, -0.15) is 0 Å². The van der Waals surface area contributed by atoms with E-state index in [1.165, 1.54) is 5.56 Å². The first-order valence-corrected chi connectivity index (χ1v) is 14.3. The van der Waals surface area contributed by atoms with E-state index in [4.69, 9.17) is 19.2 Å². The molecule has 1 aromatic rings. The average molecular weight is 511 g/mol. The van der Waals surface area contributed by atoms with Gasteiger partial charge in [-0.15, -0.1) is 0 Å². The second-order valence-corrected chi connectivity index (χ2v) is 11.0. The fourth-order valence-corrected chi connectivity index (χ4v) is 5.66. The average Bonchev–Trinajstić information content (AvgIpc) is 2.89. The number of aromatic hydroxyl groups is 1. The normalized spacial score (nSPS) is 28.7. The van der Waals surface area contributed by atoms with Gasteiger partial charge in [0.15, 0.2) is 0 Å². The molecule has 0 saturated carbocycles. The molecule has 3 unspecified atom stereocenters. The van der Waals surface area contributed by atoms with Gasteiger partial charge in [0, 0.05) is 27.4 Å². The lowest BCUT2D eigenvalue weighted by atomic mass is 9.65. The van der Waals surface area contributed by atoms with Gasteiger partial charge in [-0.05, 0) is 44.1 Å². The highest BCUT2D eigenvalue weighted by atomic mass is 31.2. The SMILES string of the molecule is CCC1(c2cc(C3(CC)C=CC=CC3)c(O)c(C3(CC)C=CC=CC3)c2)C=CC=CC1.O=P(O)(O)O. The number of allylic oxidation sites excluding steroid dienone is 12. The molecule has 0 bridgehead atoms. The van der Waals surface area contributed by atoms with E-state index in [1.54, 1.807) is 0 Å². The van der Waals surface area contributed by atoms with Crippen molar-refractivity contribution in [2.45, 2.75) is 75.5 Å². The minimum Gasteiger partial charge on any atom is -0.507 e. The van der Waals surface area contributed by atoms with Gasteiger partial charge < -0.3 is 19.8 Å². The molecule has 0 saturated heterocycles. The van der Waals surface area contributed by atoms with E-state index in [2.05, 4.69) is 106 Å². The Balaban J connectivity index is 0.000000658. The molecule has 0 radical (unpaired) electrons. The number of benzene rings is 1. The Morgan fingerprint density at radius 2 is 1.00 bits per heavy atom. The van der Waals surface area contributed by atoms with Crippen LogP contribution >= 0.6 is 7.82 Å². The molecule has 0 spiro atoms. The Kier molecular flexibility index (Phi) is 8.84. The summed E-state index contributed by atoms with van der Waals surface area (Å²) >= 11 is 0. The molecule has 194 valence electrons. The maximum absolute atomic E-state index is 11.8. The van der Waals surface area contributed by atoms with Crippen molar-refractivity contribution in [2.75, 3.05) is 0 Å². The van der Waals surface area contributed by atoms with Crippen molar-refractivity contribution in [1.29, 1.82) is 0 Å². The second-order valence-electron chi connectivity index (χ2n) is 9.94. The summed E-state index contributed by atoms with van der Waals surface area (Å²) in [4.78, 5) is 21.6. The van der Waals surface area contributed by atoms with E-state index in [0.29, 0.717) is 5.75 Å². The van der Waals surface area contributed by atoms with Crippen LogP contribution in [0.3, 0.4) is 0 Å². The third-order valence-electron chi connectivity index (χ3n) is 8.08. The third kappa shape index (κ3) is 5.92. The van der Waals surface area contributed by atoms with Crippen molar-refractivity contribution < 1.29 is 24.4 Å². The Bertz CT molecular complexity index is 1100. The minimum atomic E-state index is -4.64. The zero-order valence-electron chi connectivity index (χ0n) is 21.5. The van der Waals surface area contributed by atoms with Gasteiger partial charge in [-0.25, -0.2) is 4.57 Å². The van der Waals surface area contributed by atoms with Crippen LogP contribution < -0.4 is 0 Å². The molecule has 6 heteroatoms. The van der Waals surface area contributed by atoms with Crippen LogP contribution in [0.5, 0.6) is 5.75 Å². The summed E-state index contributed by atoms with van der Waals surface area (Å²) in [5.41, 5.74) is 3.19. The van der Waals surface area contributed by atoms with Gasteiger partial charge in [-0.3, -0.25) is 0 Å². The maximum Gasteiger partial charge on any atom is 0.466 e. The van der Waals surface area contributed by atoms with Gasteiger partial charge >= 0.3 is 7.82 Å². The summed E-state index contributed by atoms with van der Waals surface area (Å²) in [6.07, 6.45) is 32.5. The largest absolute Gasteiger partial charge is 0.507 e. The first-order valence-electron chi connectivity index (χ1n) is 12.7. The number of hydrogen-bond donors (Lipinski definition) is 4. The van der Waals surface area contributed by atoms with E-state index in [-0.39, 0.29) is 16.2 Å². The van der Waals surface area contributed by atoms with E-state index in [0.717, 1.165) is 49.7 Å². The van der Waals surface area contributed by atoms with Crippen molar-refractivity contribution in [3.05, 3.63) is 102 Å². The molecule has 4 rings (SSSR count). The molecule has 4 N–H and O–H groups in total. The van der Waals surface area contributed by atoms with E-state index >= 15 is 0 Å². The maximum atomic E-state index is 11.8. The van der Waals surface area contributed by atoms with Gasteiger partial charge in [0.2, 0.25) is 0 Å². The molecule has 0 heterocycles. The van der Waals surface area contributed by atoms with Gasteiger partial charge in [0.05, 0.1) is 0 Å². The van der Waals surface area contributed by atoms with E-state index < -0.39 is 7.82 Å². The molecular formula is C30H39O5P. The van der Waals surface area contributed by atoms with Crippen molar-refractivity contribution in [3.63, 3.8) is 0 Å². The second kappa shape index (κ2) is 11.3. The summed E-state index contributed by atoms with van der Waals surface area (Å²) in [7, 11) is -4.64. The van der Waals surface area contributed by atoms with Crippen molar-refractivity contribution in [1.82, 2.24) is 0 Å². The third-order valence-corrected chi connectivity index (χ3v) is 8.08. The molecule has 3 aliphatic rings. The van der Waals surface area contributed by atoms with Crippen LogP contribution in [-0.2, 0) is 20.8 Å². The van der Waals surface area contributed by atoms with Crippen LogP contribution in [0.1, 0.15) is 76.0 Å². The smallest absolute Gasteiger partial charge is 0.466 e. The fourth-order valence-electron chi connectivity index (χ4n) is 5.66. The standard InChI is InChI=1S/C30H36O.H3O4P/c1-4-28(16-10-7-11-17-28)24-22-25(29(5-2)18-12-8-13-19-29)27(31)26(23-24)30(6-3)20-14-9-15-21-30;1-5(2,3)4/h7-16,18,20,22-23,31H,4-6,17,19,21H2,1-3H3;(H3,1,2,3,4). The van der Waals surface area contributed by atoms with Crippen LogP contribution in [0.2, 0.25) is 0 Å². The van der Waals surface area contributed by atoms with E-state index in [9.17, 15) is 5.11 Å². The molecule has 0 fully saturated rings. The van der Waals surface area contributed by atoms with Crippen molar-refractivity contribution in [2.24, 2.45) is 0 Å². The van der Waals surface area contributed by atoms with Gasteiger partial charge in [0.1, 0.15) is 5.75 Å². The highest BCUT2D eigenvalue weighted by Crippen LogP contribution is 2.50. The summed E-state index contributed by atoms with van der Waals surface area (Å²) in [5.74, 6) is 0.494. The van der Waals surface area contributed by atoms with Crippen LogP contribution in [0.4, 0.5) is 0 Å². The molecule has 5 nitrogen and oxygen atoms in total. The number of phenolic OH excluding ortho intramolecular Hbond substituents is 1. The molecule has 1 aromatic carbocycles. The first kappa shape index (κ1) is 28.1. The van der Waals surface area contributed by atoms with Crippen LogP contribution in [0.25, 0.3) is 0 Å². The molecule has 3 aliphatic carbocycles. The monoisotopic (exact) mass is 510 g/mol. The zero-order valence-corrected chi connectivity index (χ0v) is 22.4. The Labute approximate surface area is 215 Å². The summed E-state index contributed by atoms with van der Waals surface area (Å²) in [6.45, 7) is 6.77. The predicted molar refractivity (Wildman–Crippen MR) is 147 cm³/mol. The first-order chi connectivity index (χ1) is 17.0. The Morgan fingerprint density at radius 1 is 0.667 bits per heavy atom. The Morgan fingerprint density at radius 3 is 1.28 bits per heavy atom. The van der Waals surface area contributed by atoms with E-state index in [1.807, 2.05) is 0 Å². The lowest BCUT2D eigenvalue weighted by Gasteiger charge is -2.39. The molecule has 0 aromatic heterocycles. The van der Waals surface area contributed by atoms with Crippen LogP contribution in [0.15, 0.2) is 85.0 Å². The zero-order chi connectivity index (χ0) is 26.5. The summed E-state index contributed by atoms with van der Waals surface area (Å²) < 4.78 is 8.88. The lowest BCUT2D eigenvalue weighted by molar-refractivity contribution is 0.275. The molecule has 0 aliphatic heterocycles. The molecule has 3 atom stereocenters. The number of rotatable bonds is 6. The highest BCUT2D eigenvalue weighted by Gasteiger charge is 2.39. The quantitative estimate of drug-likeness (QED) is 0.310. The number of hydrogen-bond acceptors (Lipinski definition) is 2. The number of phenols is 1. The fraction of sp³-hybridized carbons (Fsp3) is 0.400. The van der Waals surface area contributed by atoms with Crippen LogP contribution in [0, 0.1) is 0 Å². The minimum absolute atomic E-state index is 0.0156. The van der Waals surface area contributed by atoms with Gasteiger partial charge in [0.25, 0.3) is 0 Å². The summed E-state index contributed by atoms with van der Waals surface area (Å²) in [5, 5.41) is 11.8. The molecule has 0 amide bonds.